The number of nitrogens with one attached hydrogen (secondary N) is 1. The van der Waals surface area contributed by atoms with E-state index >= 15 is 0 Å². The van der Waals surface area contributed by atoms with E-state index in [1.807, 2.05) is 0 Å². The van der Waals surface area contributed by atoms with Crippen molar-refractivity contribution in [1.29, 1.82) is 0 Å². The first-order valence-corrected chi connectivity index (χ1v) is 5.74. The lowest BCUT2D eigenvalue weighted by Gasteiger charge is -2.37. The van der Waals surface area contributed by atoms with Crippen LogP contribution in [0.2, 0.25) is 0 Å². The molecule has 15 heavy (non-hydrogen) atoms. The van der Waals surface area contributed by atoms with Gasteiger partial charge in [-0.15, -0.1) is 0 Å². The summed E-state index contributed by atoms with van der Waals surface area (Å²) in [6.45, 7) is 0.791. The smallest absolute Gasteiger partial charge is 0.221 e. The minimum atomic E-state index is -0.236. The Morgan fingerprint density at radius 2 is 2.00 bits per heavy atom. The summed E-state index contributed by atoms with van der Waals surface area (Å²) >= 11 is 0. The molecule has 0 aliphatic heterocycles. The fourth-order valence-electron chi connectivity index (χ4n) is 2.04. The largest absolute Gasteiger partial charge is 0.396 e. The minimum absolute atomic E-state index is 0.00294. The summed E-state index contributed by atoms with van der Waals surface area (Å²) in [5.74, 6) is 0.0388. The fraction of sp³-hybridized carbons (Fsp3) is 0.909. The molecule has 0 atom stereocenters. The summed E-state index contributed by atoms with van der Waals surface area (Å²) in [4.78, 5) is 11.6. The Kier molecular flexibility index (Phi) is 2.73. The van der Waals surface area contributed by atoms with Gasteiger partial charge in [-0.3, -0.25) is 4.79 Å². The third kappa shape index (κ3) is 2.49. The van der Waals surface area contributed by atoms with Crippen LogP contribution in [0.5, 0.6) is 0 Å². The van der Waals surface area contributed by atoms with E-state index in [1.54, 1.807) is 0 Å². The highest BCUT2D eigenvalue weighted by molar-refractivity contribution is 5.77. The predicted molar refractivity (Wildman–Crippen MR) is 57.1 cm³/mol. The molecule has 2 saturated carbocycles. The molecule has 0 spiro atoms. The maximum atomic E-state index is 11.6. The number of hydrogen-bond acceptors (Lipinski definition) is 3. The Morgan fingerprint density at radius 3 is 2.40 bits per heavy atom. The van der Waals surface area contributed by atoms with Crippen LogP contribution >= 0.6 is 0 Å². The average molecular weight is 212 g/mol. The monoisotopic (exact) mass is 212 g/mol. The molecule has 4 N–H and O–H groups in total. The van der Waals surface area contributed by atoms with Crippen LogP contribution in [0.25, 0.3) is 0 Å². The second kappa shape index (κ2) is 3.76. The molecule has 0 heterocycles. The average Bonchev–Trinajstić information content (AvgIpc) is 2.93. The lowest BCUT2D eigenvalue weighted by molar-refractivity contribution is -0.123. The maximum absolute atomic E-state index is 11.6. The van der Waals surface area contributed by atoms with Gasteiger partial charge in [-0.1, -0.05) is 0 Å². The van der Waals surface area contributed by atoms with Crippen LogP contribution in [0.15, 0.2) is 0 Å². The van der Waals surface area contributed by atoms with Gasteiger partial charge < -0.3 is 16.2 Å². The fourth-order valence-corrected chi connectivity index (χ4v) is 2.04. The maximum Gasteiger partial charge on any atom is 0.221 e. The normalized spacial score (nSPS) is 25.5. The van der Waals surface area contributed by atoms with E-state index in [-0.39, 0.29) is 23.5 Å². The Hall–Kier alpha value is -0.610. The molecule has 0 aromatic heterocycles. The van der Waals surface area contributed by atoms with Gasteiger partial charge in [-0.25, -0.2) is 0 Å². The molecule has 0 unspecified atom stereocenters. The SMILES string of the molecule is NC1(CC(=O)NCC2(CO)CC2)CCC1. The molecule has 4 heteroatoms. The highest BCUT2D eigenvalue weighted by atomic mass is 16.3. The number of nitrogens with two attached hydrogens (primary N) is 1. The van der Waals surface area contributed by atoms with Crippen molar-refractivity contribution in [3.05, 3.63) is 0 Å². The van der Waals surface area contributed by atoms with E-state index in [1.165, 1.54) is 0 Å². The zero-order valence-corrected chi connectivity index (χ0v) is 9.09. The first-order chi connectivity index (χ1) is 7.08. The van der Waals surface area contributed by atoms with Gasteiger partial charge in [0.2, 0.25) is 5.91 Å². The quantitative estimate of drug-likeness (QED) is 0.607. The van der Waals surface area contributed by atoms with Gasteiger partial charge in [0, 0.05) is 23.9 Å². The van der Waals surface area contributed by atoms with Gasteiger partial charge in [0.05, 0.1) is 6.61 Å². The van der Waals surface area contributed by atoms with E-state index in [9.17, 15) is 4.79 Å². The third-order valence-electron chi connectivity index (χ3n) is 3.82. The number of amides is 1. The van der Waals surface area contributed by atoms with Gasteiger partial charge in [0.25, 0.3) is 0 Å². The van der Waals surface area contributed by atoms with Crippen molar-refractivity contribution in [3.8, 4) is 0 Å². The van der Waals surface area contributed by atoms with Gasteiger partial charge in [0.15, 0.2) is 0 Å². The molecular formula is C11H20N2O2. The second-order valence-electron chi connectivity index (χ2n) is 5.33. The van der Waals surface area contributed by atoms with Crippen molar-refractivity contribution in [2.75, 3.05) is 13.2 Å². The molecule has 0 radical (unpaired) electrons. The molecule has 0 bridgehead atoms. The zero-order chi connectivity index (χ0) is 10.9. The van der Waals surface area contributed by atoms with E-state index in [0.29, 0.717) is 13.0 Å². The molecule has 2 aliphatic carbocycles. The molecular weight excluding hydrogens is 192 g/mol. The van der Waals surface area contributed by atoms with Crippen molar-refractivity contribution in [2.45, 2.75) is 44.1 Å². The summed E-state index contributed by atoms with van der Waals surface area (Å²) in [6.07, 6.45) is 5.56. The Bertz CT molecular complexity index is 257. The van der Waals surface area contributed by atoms with Gasteiger partial charge in [0.1, 0.15) is 0 Å². The standard InChI is InChI=1S/C11H20N2O2/c12-11(2-1-3-11)6-9(15)13-7-10(8-14)4-5-10/h14H,1-8,12H2,(H,13,15). The van der Waals surface area contributed by atoms with E-state index in [4.69, 9.17) is 10.8 Å². The molecule has 0 saturated heterocycles. The van der Waals surface area contributed by atoms with Gasteiger partial charge >= 0.3 is 0 Å². The number of hydrogen-bond donors (Lipinski definition) is 3. The molecule has 2 rings (SSSR count). The zero-order valence-electron chi connectivity index (χ0n) is 9.09. The number of aliphatic hydroxyl groups excluding tert-OH is 1. The summed E-state index contributed by atoms with van der Waals surface area (Å²) in [5.41, 5.74) is 5.74. The lowest BCUT2D eigenvalue weighted by atomic mass is 9.75. The summed E-state index contributed by atoms with van der Waals surface area (Å²) in [7, 11) is 0. The van der Waals surface area contributed by atoms with Crippen molar-refractivity contribution in [3.63, 3.8) is 0 Å². The van der Waals surface area contributed by atoms with Crippen LogP contribution in [0.4, 0.5) is 0 Å². The second-order valence-corrected chi connectivity index (χ2v) is 5.33. The predicted octanol–water partition coefficient (Wildman–Crippen LogP) is 0.147. The first-order valence-electron chi connectivity index (χ1n) is 5.74. The summed E-state index contributed by atoms with van der Waals surface area (Å²) < 4.78 is 0. The molecule has 86 valence electrons. The molecule has 2 fully saturated rings. The first kappa shape index (κ1) is 10.9. The van der Waals surface area contributed by atoms with Crippen LogP contribution in [0.1, 0.15) is 38.5 Å². The summed E-state index contributed by atoms with van der Waals surface area (Å²) in [5, 5.41) is 12.0. The van der Waals surface area contributed by atoms with Crippen molar-refractivity contribution in [1.82, 2.24) is 5.32 Å². The minimum Gasteiger partial charge on any atom is -0.396 e. The Balaban J connectivity index is 1.69. The summed E-state index contributed by atoms with van der Waals surface area (Å²) in [6, 6.07) is 0. The van der Waals surface area contributed by atoms with Gasteiger partial charge in [-0.05, 0) is 32.1 Å². The van der Waals surface area contributed by atoms with Crippen molar-refractivity contribution in [2.24, 2.45) is 11.1 Å². The number of carbonyl (C=O) groups is 1. The molecule has 0 aromatic carbocycles. The van der Waals surface area contributed by atoms with Crippen LogP contribution in [-0.4, -0.2) is 29.7 Å². The number of aliphatic hydroxyl groups is 1. The van der Waals surface area contributed by atoms with E-state index in [2.05, 4.69) is 5.32 Å². The van der Waals surface area contributed by atoms with Crippen LogP contribution in [-0.2, 0) is 4.79 Å². The highest BCUT2D eigenvalue weighted by Gasteiger charge is 2.42. The van der Waals surface area contributed by atoms with Crippen molar-refractivity contribution >= 4 is 5.91 Å². The Morgan fingerprint density at radius 1 is 1.33 bits per heavy atom. The van der Waals surface area contributed by atoms with Crippen LogP contribution < -0.4 is 11.1 Å². The number of rotatable bonds is 5. The van der Waals surface area contributed by atoms with Gasteiger partial charge in [-0.2, -0.15) is 0 Å². The molecule has 4 nitrogen and oxygen atoms in total. The lowest BCUT2D eigenvalue weighted by Crippen LogP contribution is -2.50. The highest BCUT2D eigenvalue weighted by Crippen LogP contribution is 2.44. The van der Waals surface area contributed by atoms with E-state index in [0.717, 1.165) is 32.1 Å². The van der Waals surface area contributed by atoms with Crippen LogP contribution in [0, 0.1) is 5.41 Å². The topological polar surface area (TPSA) is 75.4 Å². The molecule has 0 aromatic rings. The van der Waals surface area contributed by atoms with Crippen LogP contribution in [0.3, 0.4) is 0 Å². The Labute approximate surface area is 90.2 Å². The van der Waals surface area contributed by atoms with E-state index < -0.39 is 0 Å². The molecule has 2 aliphatic rings. The molecule has 1 amide bonds. The van der Waals surface area contributed by atoms with Crippen molar-refractivity contribution < 1.29 is 9.90 Å². The third-order valence-corrected chi connectivity index (χ3v) is 3.82. The number of carbonyl (C=O) groups excluding carboxylic acids is 1.